The summed E-state index contributed by atoms with van der Waals surface area (Å²) in [6.07, 6.45) is 14.0. The van der Waals surface area contributed by atoms with Crippen LogP contribution in [-0.4, -0.2) is 11.2 Å². The summed E-state index contributed by atoms with van der Waals surface area (Å²) in [4.78, 5) is 0. The number of rotatable bonds is 0. The fourth-order valence-electron chi connectivity index (χ4n) is 7.27. The molecule has 114 valence electrons. The van der Waals surface area contributed by atoms with Crippen LogP contribution < -0.4 is 0 Å². The van der Waals surface area contributed by atoms with Crippen molar-refractivity contribution in [2.24, 2.45) is 34.5 Å². The van der Waals surface area contributed by atoms with Gasteiger partial charge in [0.05, 0.1) is 6.10 Å². The first-order valence-electron chi connectivity index (χ1n) is 9.24. The predicted molar refractivity (Wildman–Crippen MR) is 82.4 cm³/mol. The van der Waals surface area contributed by atoms with Gasteiger partial charge in [-0.2, -0.15) is 0 Å². The number of fused-ring (bicyclic) bond motifs is 5. The first kappa shape index (κ1) is 13.6. The van der Waals surface area contributed by atoms with Gasteiger partial charge in [-0.15, -0.1) is 0 Å². The molecule has 0 aromatic heterocycles. The molecule has 0 bridgehead atoms. The molecule has 7 atom stereocenters. The van der Waals surface area contributed by atoms with Crippen LogP contribution in [0.5, 0.6) is 0 Å². The molecule has 0 unspecified atom stereocenters. The predicted octanol–water partition coefficient (Wildman–Crippen LogP) is 4.78. The van der Waals surface area contributed by atoms with E-state index in [4.69, 9.17) is 0 Å². The van der Waals surface area contributed by atoms with E-state index in [0.717, 1.165) is 30.1 Å². The summed E-state index contributed by atoms with van der Waals surface area (Å²) >= 11 is 0. The Kier molecular flexibility index (Phi) is 3.05. The largest absolute Gasteiger partial charge is 0.393 e. The maximum Gasteiger partial charge on any atom is 0.0596 e. The first-order valence-corrected chi connectivity index (χ1v) is 9.24. The lowest BCUT2D eigenvalue weighted by Crippen LogP contribution is -2.53. The molecule has 1 heteroatoms. The van der Waals surface area contributed by atoms with Crippen molar-refractivity contribution in [3.63, 3.8) is 0 Å². The highest BCUT2D eigenvalue weighted by atomic mass is 16.3. The van der Waals surface area contributed by atoms with E-state index in [0.29, 0.717) is 5.41 Å². The second kappa shape index (κ2) is 4.48. The fourth-order valence-corrected chi connectivity index (χ4v) is 7.27. The summed E-state index contributed by atoms with van der Waals surface area (Å²) in [5.41, 5.74) is 0.912. The topological polar surface area (TPSA) is 20.2 Å². The maximum atomic E-state index is 10.5. The third-order valence-electron chi connectivity index (χ3n) is 8.53. The van der Waals surface area contributed by atoms with Crippen molar-refractivity contribution >= 4 is 0 Å². The Balaban J connectivity index is 1.64. The third-order valence-corrected chi connectivity index (χ3v) is 8.53. The Morgan fingerprint density at radius 3 is 2.40 bits per heavy atom. The summed E-state index contributed by atoms with van der Waals surface area (Å²) < 4.78 is 0. The smallest absolute Gasteiger partial charge is 0.0596 e. The average Bonchev–Trinajstić information content (AvgIpc) is 2.74. The van der Waals surface area contributed by atoms with Gasteiger partial charge < -0.3 is 5.11 Å². The summed E-state index contributed by atoms with van der Waals surface area (Å²) in [6, 6.07) is 0. The molecule has 4 saturated carbocycles. The molecule has 4 rings (SSSR count). The van der Waals surface area contributed by atoms with Gasteiger partial charge in [-0.1, -0.05) is 26.7 Å². The quantitative estimate of drug-likeness (QED) is 0.675. The molecule has 0 heterocycles. The lowest BCUT2D eigenvalue weighted by atomic mass is 9.45. The standard InChI is InChI=1S/C19H32O/c1-18-11-4-3-5-13(18)6-7-14-15-8-9-17(20)19(15,2)12-10-16(14)18/h13-17,20H,3-12H2,1-2H3/t13-,14+,15+,16+,17-,18+,19+/m1/s1. The van der Waals surface area contributed by atoms with E-state index >= 15 is 0 Å². The van der Waals surface area contributed by atoms with E-state index in [-0.39, 0.29) is 11.5 Å². The highest BCUT2D eigenvalue weighted by Gasteiger charge is 2.59. The van der Waals surface area contributed by atoms with Gasteiger partial charge in [-0.3, -0.25) is 0 Å². The van der Waals surface area contributed by atoms with E-state index in [1.165, 1.54) is 57.8 Å². The van der Waals surface area contributed by atoms with Crippen LogP contribution in [0.25, 0.3) is 0 Å². The van der Waals surface area contributed by atoms with Gasteiger partial charge in [0.2, 0.25) is 0 Å². The van der Waals surface area contributed by atoms with Gasteiger partial charge in [-0.25, -0.2) is 0 Å². The molecular weight excluding hydrogens is 244 g/mol. The van der Waals surface area contributed by atoms with Crippen molar-refractivity contribution in [2.45, 2.75) is 84.2 Å². The molecule has 0 aromatic rings. The molecule has 0 spiro atoms. The molecule has 1 N–H and O–H groups in total. The van der Waals surface area contributed by atoms with E-state index in [1.807, 2.05) is 0 Å². The van der Waals surface area contributed by atoms with Crippen molar-refractivity contribution in [3.8, 4) is 0 Å². The van der Waals surface area contributed by atoms with Crippen molar-refractivity contribution in [1.82, 2.24) is 0 Å². The SMILES string of the molecule is C[C@]12CCCC[C@@H]1CC[C@@H]1[C@@H]2CC[C@]2(C)[C@H](O)CC[C@@H]12. The van der Waals surface area contributed by atoms with E-state index in [1.54, 1.807) is 0 Å². The molecule has 0 radical (unpaired) electrons. The molecule has 0 aliphatic heterocycles. The van der Waals surface area contributed by atoms with Crippen LogP contribution in [0.4, 0.5) is 0 Å². The minimum absolute atomic E-state index is 0.00895. The average molecular weight is 276 g/mol. The van der Waals surface area contributed by atoms with Crippen molar-refractivity contribution in [2.75, 3.05) is 0 Å². The Morgan fingerprint density at radius 2 is 1.55 bits per heavy atom. The van der Waals surface area contributed by atoms with Crippen molar-refractivity contribution < 1.29 is 5.11 Å². The summed E-state index contributed by atoms with van der Waals surface area (Å²) in [5, 5.41) is 10.5. The second-order valence-electron chi connectivity index (χ2n) is 9.04. The Morgan fingerprint density at radius 1 is 0.750 bits per heavy atom. The lowest BCUT2D eigenvalue weighted by Gasteiger charge is -2.60. The van der Waals surface area contributed by atoms with Gasteiger partial charge in [0.1, 0.15) is 0 Å². The van der Waals surface area contributed by atoms with E-state index in [2.05, 4.69) is 13.8 Å². The zero-order valence-electron chi connectivity index (χ0n) is 13.4. The Labute approximate surface area is 124 Å². The number of hydrogen-bond acceptors (Lipinski definition) is 1. The number of aliphatic hydroxyl groups excluding tert-OH is 1. The fraction of sp³-hybridized carbons (Fsp3) is 1.00. The normalized spacial score (nSPS) is 58.6. The van der Waals surface area contributed by atoms with Crippen LogP contribution >= 0.6 is 0 Å². The van der Waals surface area contributed by atoms with Crippen LogP contribution in [0.15, 0.2) is 0 Å². The molecule has 0 aromatic carbocycles. The van der Waals surface area contributed by atoms with E-state index < -0.39 is 0 Å². The zero-order valence-corrected chi connectivity index (χ0v) is 13.4. The summed E-state index contributed by atoms with van der Waals surface area (Å²) in [6.45, 7) is 5.04. The van der Waals surface area contributed by atoms with Gasteiger partial charge in [-0.05, 0) is 85.9 Å². The monoisotopic (exact) mass is 276 g/mol. The number of aliphatic hydroxyl groups is 1. The van der Waals surface area contributed by atoms with Gasteiger partial charge in [0.25, 0.3) is 0 Å². The Bertz CT molecular complexity index is 391. The molecule has 4 fully saturated rings. The third kappa shape index (κ3) is 1.65. The highest BCUT2D eigenvalue weighted by Crippen LogP contribution is 2.66. The van der Waals surface area contributed by atoms with Crippen molar-refractivity contribution in [3.05, 3.63) is 0 Å². The molecule has 0 saturated heterocycles. The number of hydrogen-bond donors (Lipinski definition) is 1. The molecule has 4 aliphatic carbocycles. The van der Waals surface area contributed by atoms with Gasteiger partial charge in [0.15, 0.2) is 0 Å². The second-order valence-corrected chi connectivity index (χ2v) is 9.04. The summed E-state index contributed by atoms with van der Waals surface area (Å²) in [5.74, 6) is 3.76. The van der Waals surface area contributed by atoms with Crippen LogP contribution in [0, 0.1) is 34.5 Å². The van der Waals surface area contributed by atoms with Crippen LogP contribution in [0.3, 0.4) is 0 Å². The first-order chi connectivity index (χ1) is 9.56. The minimum Gasteiger partial charge on any atom is -0.393 e. The molecule has 0 amide bonds. The van der Waals surface area contributed by atoms with E-state index in [9.17, 15) is 5.11 Å². The zero-order chi connectivity index (χ0) is 14.0. The van der Waals surface area contributed by atoms with Crippen LogP contribution in [-0.2, 0) is 0 Å². The highest BCUT2D eigenvalue weighted by molar-refractivity contribution is 5.08. The van der Waals surface area contributed by atoms with Gasteiger partial charge in [0, 0.05) is 0 Å². The van der Waals surface area contributed by atoms with Crippen LogP contribution in [0.1, 0.15) is 78.1 Å². The van der Waals surface area contributed by atoms with Crippen molar-refractivity contribution in [1.29, 1.82) is 0 Å². The molecule has 4 aliphatic rings. The minimum atomic E-state index is -0.00895. The lowest BCUT2D eigenvalue weighted by molar-refractivity contribution is -0.120. The Hall–Kier alpha value is -0.0400. The molecular formula is C19H32O. The summed E-state index contributed by atoms with van der Waals surface area (Å²) in [7, 11) is 0. The molecule has 1 nitrogen and oxygen atoms in total. The molecule has 20 heavy (non-hydrogen) atoms. The van der Waals surface area contributed by atoms with Gasteiger partial charge >= 0.3 is 0 Å². The maximum absolute atomic E-state index is 10.5. The van der Waals surface area contributed by atoms with Crippen LogP contribution in [0.2, 0.25) is 0 Å².